The van der Waals surface area contributed by atoms with Crippen LogP contribution in [0.5, 0.6) is 0 Å². The number of pyridine rings is 1. The second-order valence-corrected chi connectivity index (χ2v) is 9.29. The minimum Gasteiger partial charge on any atom is -0.444 e. The Morgan fingerprint density at radius 1 is 0.676 bits per heavy atom. The molecule has 188 valence electrons. The van der Waals surface area contributed by atoms with Gasteiger partial charge in [-0.05, 0) is 75.4 Å². The molecule has 0 bridgehead atoms. The van der Waals surface area contributed by atoms with E-state index in [4.69, 9.17) is 4.74 Å². The number of rotatable bonds is 7. The zero-order valence-corrected chi connectivity index (χ0v) is 20.9. The molecule has 0 fully saturated rings. The molecule has 37 heavy (non-hydrogen) atoms. The average Bonchev–Trinajstić information content (AvgIpc) is 2.84. The fraction of sp³-hybridized carbons (Fsp3) is 0.138. The Morgan fingerprint density at radius 3 is 2.05 bits per heavy atom. The van der Waals surface area contributed by atoms with E-state index in [0.717, 1.165) is 11.4 Å². The van der Waals surface area contributed by atoms with Gasteiger partial charge in [0.05, 0.1) is 0 Å². The van der Waals surface area contributed by atoms with E-state index in [1.54, 1.807) is 57.3 Å². The van der Waals surface area contributed by atoms with Gasteiger partial charge in [0, 0.05) is 46.3 Å². The van der Waals surface area contributed by atoms with E-state index in [1.165, 1.54) is 0 Å². The molecule has 4 rings (SSSR count). The predicted molar refractivity (Wildman–Crippen MR) is 148 cm³/mol. The number of aromatic nitrogens is 1. The van der Waals surface area contributed by atoms with Gasteiger partial charge in [-0.15, -0.1) is 0 Å². The number of amides is 2. The van der Waals surface area contributed by atoms with Crippen molar-refractivity contribution in [2.24, 2.45) is 0 Å². The topological polar surface area (TPSA) is 104 Å². The van der Waals surface area contributed by atoms with E-state index in [9.17, 15) is 9.59 Å². The molecule has 0 aliphatic rings. The van der Waals surface area contributed by atoms with Crippen LogP contribution in [0.3, 0.4) is 0 Å². The minimum atomic E-state index is -0.610. The molecule has 8 heteroatoms. The molecule has 2 amide bonds. The van der Waals surface area contributed by atoms with Crippen LogP contribution >= 0.6 is 0 Å². The van der Waals surface area contributed by atoms with Crippen LogP contribution in [0, 0.1) is 0 Å². The summed E-state index contributed by atoms with van der Waals surface area (Å²) in [4.78, 5) is 29.1. The van der Waals surface area contributed by atoms with Crippen molar-refractivity contribution in [1.29, 1.82) is 0 Å². The molecule has 0 aliphatic carbocycles. The average molecular weight is 496 g/mol. The van der Waals surface area contributed by atoms with Crippen molar-refractivity contribution in [3.63, 3.8) is 0 Å². The Labute approximate surface area is 216 Å². The molecular weight excluding hydrogens is 466 g/mol. The SMILES string of the molecule is CC(C)(C)OC(=O)Nc1cc(Nc2cccc(C(=O)Nc3cccc(Nc4ccccc4)c3)c2)ccn1. The number of anilines is 6. The molecule has 0 radical (unpaired) electrons. The zero-order chi connectivity index (χ0) is 26.3. The van der Waals surface area contributed by atoms with Gasteiger partial charge < -0.3 is 20.7 Å². The highest BCUT2D eigenvalue weighted by molar-refractivity contribution is 6.05. The molecule has 0 spiro atoms. The number of carbonyl (C=O) groups excluding carboxylic acids is 2. The monoisotopic (exact) mass is 495 g/mol. The quantitative estimate of drug-likeness (QED) is 0.217. The van der Waals surface area contributed by atoms with Gasteiger partial charge in [0.1, 0.15) is 11.4 Å². The summed E-state index contributed by atoms with van der Waals surface area (Å²) >= 11 is 0. The number of nitrogens with zero attached hydrogens (tertiary/aromatic N) is 1. The van der Waals surface area contributed by atoms with Crippen LogP contribution in [0.25, 0.3) is 0 Å². The van der Waals surface area contributed by atoms with E-state index < -0.39 is 11.7 Å². The third kappa shape index (κ3) is 7.83. The van der Waals surface area contributed by atoms with E-state index in [1.807, 2.05) is 60.7 Å². The summed E-state index contributed by atoms with van der Waals surface area (Å²) in [5.41, 5.74) is 3.79. The van der Waals surface area contributed by atoms with Crippen LogP contribution in [0.4, 0.5) is 39.0 Å². The molecule has 1 aromatic heterocycles. The fourth-order valence-electron chi connectivity index (χ4n) is 3.46. The Kier molecular flexibility index (Phi) is 7.68. The molecule has 4 N–H and O–H groups in total. The van der Waals surface area contributed by atoms with E-state index in [0.29, 0.717) is 28.4 Å². The minimum absolute atomic E-state index is 0.234. The molecule has 0 atom stereocenters. The third-order valence-corrected chi connectivity index (χ3v) is 4.99. The summed E-state index contributed by atoms with van der Waals surface area (Å²) < 4.78 is 5.27. The Balaban J connectivity index is 1.40. The maximum absolute atomic E-state index is 12.9. The van der Waals surface area contributed by atoms with Crippen molar-refractivity contribution >= 4 is 46.3 Å². The van der Waals surface area contributed by atoms with Crippen LogP contribution in [0.15, 0.2) is 97.2 Å². The standard InChI is InChI=1S/C29H29N5O3/c1-29(2,3)37-28(36)34-26-19-25(15-16-30-26)32-22-12-7-9-20(17-22)27(35)33-24-14-8-13-23(18-24)31-21-10-5-4-6-11-21/h4-19,31H,1-3H3,(H,33,35)(H2,30,32,34,36). The first-order valence-electron chi connectivity index (χ1n) is 11.8. The summed E-state index contributed by atoms with van der Waals surface area (Å²) in [5, 5.41) is 12.1. The van der Waals surface area contributed by atoms with Crippen molar-refractivity contribution in [2.75, 3.05) is 21.3 Å². The Bertz CT molecular complexity index is 1380. The first-order chi connectivity index (χ1) is 17.7. The molecule has 3 aromatic carbocycles. The lowest BCUT2D eigenvalue weighted by Crippen LogP contribution is -2.27. The Hall–Kier alpha value is -4.85. The smallest absolute Gasteiger partial charge is 0.413 e. The number of ether oxygens (including phenoxy) is 1. The van der Waals surface area contributed by atoms with Gasteiger partial charge in [0.2, 0.25) is 0 Å². The highest BCUT2D eigenvalue weighted by atomic mass is 16.6. The van der Waals surface area contributed by atoms with Crippen LogP contribution in [0.2, 0.25) is 0 Å². The molecule has 1 heterocycles. The van der Waals surface area contributed by atoms with Gasteiger partial charge in [0.25, 0.3) is 5.91 Å². The van der Waals surface area contributed by atoms with E-state index in [-0.39, 0.29) is 5.91 Å². The van der Waals surface area contributed by atoms with Crippen molar-refractivity contribution in [3.8, 4) is 0 Å². The number of benzene rings is 3. The van der Waals surface area contributed by atoms with Gasteiger partial charge in [-0.3, -0.25) is 10.1 Å². The van der Waals surface area contributed by atoms with Gasteiger partial charge >= 0.3 is 6.09 Å². The van der Waals surface area contributed by atoms with E-state index >= 15 is 0 Å². The van der Waals surface area contributed by atoms with Crippen molar-refractivity contribution < 1.29 is 14.3 Å². The largest absolute Gasteiger partial charge is 0.444 e. The predicted octanol–water partition coefficient (Wildman–Crippen LogP) is 7.17. The molecule has 0 aliphatic heterocycles. The highest BCUT2D eigenvalue weighted by Gasteiger charge is 2.16. The van der Waals surface area contributed by atoms with Gasteiger partial charge in [0.15, 0.2) is 0 Å². The normalized spacial score (nSPS) is 10.8. The van der Waals surface area contributed by atoms with Crippen LogP contribution in [-0.2, 0) is 4.74 Å². The summed E-state index contributed by atoms with van der Waals surface area (Å²) in [5.74, 6) is 0.111. The number of hydrogen-bond donors (Lipinski definition) is 4. The molecule has 0 saturated heterocycles. The van der Waals surface area contributed by atoms with Crippen molar-refractivity contribution in [1.82, 2.24) is 4.98 Å². The van der Waals surface area contributed by atoms with Crippen LogP contribution < -0.4 is 21.3 Å². The van der Waals surface area contributed by atoms with Crippen LogP contribution in [-0.4, -0.2) is 22.6 Å². The third-order valence-electron chi connectivity index (χ3n) is 4.99. The Morgan fingerprint density at radius 2 is 1.30 bits per heavy atom. The first kappa shape index (κ1) is 25.2. The highest BCUT2D eigenvalue weighted by Crippen LogP contribution is 2.23. The lowest BCUT2D eigenvalue weighted by molar-refractivity contribution is 0.0635. The number of carbonyl (C=O) groups is 2. The molecule has 0 saturated carbocycles. The zero-order valence-electron chi connectivity index (χ0n) is 20.9. The second kappa shape index (κ2) is 11.3. The van der Waals surface area contributed by atoms with E-state index in [2.05, 4.69) is 26.3 Å². The number of nitrogens with one attached hydrogen (secondary N) is 4. The van der Waals surface area contributed by atoms with Gasteiger partial charge in [-0.1, -0.05) is 30.3 Å². The molecule has 0 unspecified atom stereocenters. The van der Waals surface area contributed by atoms with Gasteiger partial charge in [-0.2, -0.15) is 0 Å². The molecule has 8 nitrogen and oxygen atoms in total. The van der Waals surface area contributed by atoms with Gasteiger partial charge in [-0.25, -0.2) is 9.78 Å². The summed E-state index contributed by atoms with van der Waals surface area (Å²) in [6.07, 6.45) is 0.987. The maximum atomic E-state index is 12.9. The number of para-hydroxylation sites is 1. The van der Waals surface area contributed by atoms with Crippen molar-refractivity contribution in [2.45, 2.75) is 26.4 Å². The maximum Gasteiger partial charge on any atom is 0.413 e. The molecule has 4 aromatic rings. The summed E-state index contributed by atoms with van der Waals surface area (Å²) in [6, 6.07) is 27.9. The number of hydrogen-bond acceptors (Lipinski definition) is 6. The van der Waals surface area contributed by atoms with Crippen molar-refractivity contribution in [3.05, 3.63) is 103 Å². The lowest BCUT2D eigenvalue weighted by atomic mass is 10.1. The van der Waals surface area contributed by atoms with Crippen LogP contribution in [0.1, 0.15) is 31.1 Å². The second-order valence-electron chi connectivity index (χ2n) is 9.29. The summed E-state index contributed by atoms with van der Waals surface area (Å²) in [7, 11) is 0. The molecular formula is C29H29N5O3. The fourth-order valence-corrected chi connectivity index (χ4v) is 3.46. The summed E-state index contributed by atoms with van der Waals surface area (Å²) in [6.45, 7) is 5.37. The first-order valence-corrected chi connectivity index (χ1v) is 11.8. The lowest BCUT2D eigenvalue weighted by Gasteiger charge is -2.19.